The SMILES string of the molecule is COCCOCCCNC(=O)c1cc(O)cc(O)c1. The van der Waals surface area contributed by atoms with Crippen molar-refractivity contribution in [3.63, 3.8) is 0 Å². The van der Waals surface area contributed by atoms with Gasteiger partial charge in [-0.1, -0.05) is 0 Å². The molecule has 0 saturated carbocycles. The summed E-state index contributed by atoms with van der Waals surface area (Å²) in [5.41, 5.74) is 0.220. The molecule has 106 valence electrons. The Kier molecular flexibility index (Phi) is 6.70. The minimum absolute atomic E-state index is 0.145. The number of nitrogens with one attached hydrogen (secondary N) is 1. The molecule has 0 aliphatic heterocycles. The van der Waals surface area contributed by atoms with Crippen LogP contribution in [0.4, 0.5) is 0 Å². The Morgan fingerprint density at radius 2 is 1.84 bits per heavy atom. The fraction of sp³-hybridized carbons (Fsp3) is 0.462. The molecule has 0 heterocycles. The van der Waals surface area contributed by atoms with Crippen LogP contribution < -0.4 is 5.32 Å². The molecule has 0 bridgehead atoms. The van der Waals surface area contributed by atoms with Crippen molar-refractivity contribution in [2.45, 2.75) is 6.42 Å². The van der Waals surface area contributed by atoms with Gasteiger partial charge in [-0.05, 0) is 18.6 Å². The molecule has 1 aromatic rings. The molecule has 0 fully saturated rings. The predicted molar refractivity (Wildman–Crippen MR) is 69.4 cm³/mol. The summed E-state index contributed by atoms with van der Waals surface area (Å²) < 4.78 is 10.1. The van der Waals surface area contributed by atoms with Gasteiger partial charge in [0.2, 0.25) is 0 Å². The van der Waals surface area contributed by atoms with Gasteiger partial charge in [0.25, 0.3) is 5.91 Å². The van der Waals surface area contributed by atoms with Gasteiger partial charge in [-0.2, -0.15) is 0 Å². The first kappa shape index (κ1) is 15.3. The number of aromatic hydroxyl groups is 2. The summed E-state index contributed by atoms with van der Waals surface area (Å²) in [6, 6.07) is 3.76. The highest BCUT2D eigenvalue weighted by atomic mass is 16.5. The average molecular weight is 269 g/mol. The standard InChI is InChI=1S/C13H19NO5/c1-18-5-6-19-4-2-3-14-13(17)10-7-11(15)9-12(16)8-10/h7-9,15-16H,2-6H2,1H3,(H,14,17). The third kappa shape index (κ3) is 6.08. The molecule has 0 radical (unpaired) electrons. The first-order valence-electron chi connectivity index (χ1n) is 6.01. The Morgan fingerprint density at radius 3 is 2.47 bits per heavy atom. The molecule has 0 aromatic heterocycles. The average Bonchev–Trinajstić information content (AvgIpc) is 2.36. The topological polar surface area (TPSA) is 88.0 Å². The van der Waals surface area contributed by atoms with E-state index in [-0.39, 0.29) is 23.0 Å². The van der Waals surface area contributed by atoms with Gasteiger partial charge in [0.1, 0.15) is 11.5 Å². The zero-order valence-electron chi connectivity index (χ0n) is 10.9. The van der Waals surface area contributed by atoms with Gasteiger partial charge in [-0.25, -0.2) is 0 Å². The fourth-order valence-electron chi connectivity index (χ4n) is 1.45. The monoisotopic (exact) mass is 269 g/mol. The number of hydrogen-bond donors (Lipinski definition) is 3. The van der Waals surface area contributed by atoms with Crippen molar-refractivity contribution < 1.29 is 24.5 Å². The third-order valence-corrected chi connectivity index (χ3v) is 2.35. The van der Waals surface area contributed by atoms with Crippen molar-refractivity contribution in [3.05, 3.63) is 23.8 Å². The van der Waals surface area contributed by atoms with E-state index < -0.39 is 0 Å². The summed E-state index contributed by atoms with van der Waals surface area (Å²) in [4.78, 5) is 11.7. The first-order chi connectivity index (χ1) is 9.13. The van der Waals surface area contributed by atoms with Crippen LogP contribution in [0.2, 0.25) is 0 Å². The van der Waals surface area contributed by atoms with Gasteiger partial charge >= 0.3 is 0 Å². The summed E-state index contributed by atoms with van der Waals surface area (Å²) in [6.07, 6.45) is 0.681. The van der Waals surface area contributed by atoms with Crippen LogP contribution in [0.1, 0.15) is 16.8 Å². The van der Waals surface area contributed by atoms with Crippen LogP contribution in [0.3, 0.4) is 0 Å². The van der Waals surface area contributed by atoms with Crippen LogP contribution in [0.15, 0.2) is 18.2 Å². The second-order valence-electron chi connectivity index (χ2n) is 3.95. The number of benzene rings is 1. The Morgan fingerprint density at radius 1 is 1.16 bits per heavy atom. The van der Waals surface area contributed by atoms with Crippen molar-refractivity contribution in [2.75, 3.05) is 33.5 Å². The maximum atomic E-state index is 11.7. The molecular weight excluding hydrogens is 250 g/mol. The third-order valence-electron chi connectivity index (χ3n) is 2.35. The van der Waals surface area contributed by atoms with Crippen molar-refractivity contribution in [3.8, 4) is 11.5 Å². The van der Waals surface area contributed by atoms with E-state index in [0.717, 1.165) is 0 Å². The molecule has 1 rings (SSSR count). The summed E-state index contributed by atoms with van der Waals surface area (Å²) >= 11 is 0. The van der Waals surface area contributed by atoms with E-state index in [0.29, 0.717) is 32.8 Å². The number of amides is 1. The number of rotatable bonds is 8. The lowest BCUT2D eigenvalue weighted by molar-refractivity contribution is 0.0688. The molecule has 1 aromatic carbocycles. The van der Waals surface area contributed by atoms with Crippen molar-refractivity contribution in [1.29, 1.82) is 0 Å². The van der Waals surface area contributed by atoms with E-state index >= 15 is 0 Å². The van der Waals surface area contributed by atoms with Gasteiger partial charge < -0.3 is 25.0 Å². The van der Waals surface area contributed by atoms with E-state index in [1.807, 2.05) is 0 Å². The highest BCUT2D eigenvalue weighted by Crippen LogP contribution is 2.20. The van der Waals surface area contributed by atoms with E-state index in [1.165, 1.54) is 18.2 Å². The van der Waals surface area contributed by atoms with E-state index in [9.17, 15) is 15.0 Å². The van der Waals surface area contributed by atoms with Gasteiger partial charge in [0.05, 0.1) is 13.2 Å². The lowest BCUT2D eigenvalue weighted by Crippen LogP contribution is -2.25. The zero-order chi connectivity index (χ0) is 14.1. The van der Waals surface area contributed by atoms with E-state index in [1.54, 1.807) is 7.11 Å². The number of methoxy groups -OCH3 is 1. The smallest absolute Gasteiger partial charge is 0.251 e. The molecule has 0 atom stereocenters. The van der Waals surface area contributed by atoms with Gasteiger partial charge in [0, 0.05) is 31.9 Å². The van der Waals surface area contributed by atoms with Gasteiger partial charge in [0.15, 0.2) is 0 Å². The molecule has 3 N–H and O–H groups in total. The van der Waals surface area contributed by atoms with E-state index in [2.05, 4.69) is 5.32 Å². The van der Waals surface area contributed by atoms with Crippen LogP contribution in [0.5, 0.6) is 11.5 Å². The Bertz CT molecular complexity index is 388. The molecule has 0 unspecified atom stereocenters. The zero-order valence-corrected chi connectivity index (χ0v) is 10.9. The molecule has 0 aliphatic rings. The summed E-state index contributed by atoms with van der Waals surface area (Å²) in [7, 11) is 1.61. The second-order valence-corrected chi connectivity index (χ2v) is 3.95. The van der Waals surface area contributed by atoms with Crippen LogP contribution in [0, 0.1) is 0 Å². The van der Waals surface area contributed by atoms with Crippen LogP contribution >= 0.6 is 0 Å². The summed E-state index contributed by atoms with van der Waals surface area (Å²) in [5, 5.41) is 21.2. The maximum Gasteiger partial charge on any atom is 0.251 e. The maximum absolute atomic E-state index is 11.7. The minimum atomic E-state index is -0.344. The van der Waals surface area contributed by atoms with Crippen molar-refractivity contribution >= 4 is 5.91 Å². The lowest BCUT2D eigenvalue weighted by Gasteiger charge is -2.07. The van der Waals surface area contributed by atoms with Crippen LogP contribution in [-0.2, 0) is 9.47 Å². The number of phenolic OH excluding ortho intramolecular Hbond substituents is 2. The van der Waals surface area contributed by atoms with Crippen LogP contribution in [-0.4, -0.2) is 49.6 Å². The Balaban J connectivity index is 2.24. The molecular formula is C13H19NO5. The summed E-state index contributed by atoms with van der Waals surface area (Å²) in [6.45, 7) is 2.08. The number of phenols is 2. The molecule has 6 nitrogen and oxygen atoms in total. The molecule has 1 amide bonds. The van der Waals surface area contributed by atoms with Gasteiger partial charge in [-0.15, -0.1) is 0 Å². The second kappa shape index (κ2) is 8.34. The lowest BCUT2D eigenvalue weighted by atomic mass is 10.2. The number of hydrogen-bond acceptors (Lipinski definition) is 5. The molecule has 19 heavy (non-hydrogen) atoms. The fourth-order valence-corrected chi connectivity index (χ4v) is 1.45. The van der Waals surface area contributed by atoms with Gasteiger partial charge in [-0.3, -0.25) is 4.79 Å². The van der Waals surface area contributed by atoms with Crippen molar-refractivity contribution in [2.24, 2.45) is 0 Å². The molecule has 0 aliphatic carbocycles. The number of ether oxygens (including phenoxy) is 2. The number of carbonyl (C=O) groups excluding carboxylic acids is 1. The quantitative estimate of drug-likeness (QED) is 0.610. The minimum Gasteiger partial charge on any atom is -0.508 e. The van der Waals surface area contributed by atoms with E-state index in [4.69, 9.17) is 9.47 Å². The highest BCUT2D eigenvalue weighted by molar-refractivity contribution is 5.94. The Labute approximate surface area is 112 Å². The number of carbonyl (C=O) groups is 1. The van der Waals surface area contributed by atoms with Crippen LogP contribution in [0.25, 0.3) is 0 Å². The Hall–Kier alpha value is -1.79. The molecule has 6 heteroatoms. The normalized spacial score (nSPS) is 10.4. The summed E-state index contributed by atoms with van der Waals surface area (Å²) in [5.74, 6) is -0.635. The first-order valence-corrected chi connectivity index (χ1v) is 6.01. The largest absolute Gasteiger partial charge is 0.508 e. The van der Waals surface area contributed by atoms with Crippen molar-refractivity contribution in [1.82, 2.24) is 5.32 Å². The molecule has 0 saturated heterocycles. The molecule has 0 spiro atoms. The highest BCUT2D eigenvalue weighted by Gasteiger charge is 2.07. The predicted octanol–water partition coefficient (Wildman–Crippen LogP) is 0.881.